The van der Waals surface area contributed by atoms with Crippen LogP contribution in [0.15, 0.2) is 30.3 Å². The van der Waals surface area contributed by atoms with Crippen LogP contribution in [0.3, 0.4) is 0 Å². The van der Waals surface area contributed by atoms with Crippen molar-refractivity contribution < 1.29 is 9.18 Å². The number of ketones is 1. The Hall–Kier alpha value is -1.94. The number of carbonyl (C=O) groups is 1. The number of rotatable bonds is 6. The first-order valence-electron chi connectivity index (χ1n) is 8.38. The lowest BCUT2D eigenvalue weighted by Gasteiger charge is -2.25. The molecule has 2 rings (SSSR count). The predicted molar refractivity (Wildman–Crippen MR) is 96.2 cm³/mol. The Labute approximate surface area is 143 Å². The first-order chi connectivity index (χ1) is 11.2. The zero-order valence-corrected chi connectivity index (χ0v) is 15.2. The molecule has 0 saturated carbocycles. The van der Waals surface area contributed by atoms with Crippen LogP contribution in [0.25, 0.3) is 0 Å². The fourth-order valence-electron chi connectivity index (χ4n) is 3.30. The number of hydrogen-bond acceptors (Lipinski definition) is 2. The van der Waals surface area contributed by atoms with Gasteiger partial charge in [0, 0.05) is 22.5 Å². The highest BCUT2D eigenvalue weighted by Gasteiger charge is 2.22. The molecule has 1 aromatic heterocycles. The van der Waals surface area contributed by atoms with Crippen molar-refractivity contribution in [1.29, 1.82) is 0 Å². The van der Waals surface area contributed by atoms with E-state index in [0.29, 0.717) is 18.5 Å². The lowest BCUT2D eigenvalue weighted by atomic mass is 10.1. The van der Waals surface area contributed by atoms with Gasteiger partial charge < -0.3 is 9.88 Å². The van der Waals surface area contributed by atoms with E-state index in [4.69, 9.17) is 0 Å². The molecule has 24 heavy (non-hydrogen) atoms. The maximum Gasteiger partial charge on any atom is 0.178 e. The van der Waals surface area contributed by atoms with Gasteiger partial charge in [-0.05, 0) is 65.3 Å². The third-order valence-corrected chi connectivity index (χ3v) is 4.22. The smallest absolute Gasteiger partial charge is 0.178 e. The minimum absolute atomic E-state index is 0.0506. The second kappa shape index (κ2) is 7.31. The van der Waals surface area contributed by atoms with Gasteiger partial charge in [0.2, 0.25) is 0 Å². The number of Topliss-reactive ketones (excluding diaryl/α,β-unsaturated/α-hetero) is 1. The number of nitrogens with one attached hydrogen (secondary N) is 1. The van der Waals surface area contributed by atoms with Crippen LogP contribution in [0.1, 0.15) is 48.1 Å². The van der Waals surface area contributed by atoms with Crippen molar-refractivity contribution in [1.82, 2.24) is 9.88 Å². The van der Waals surface area contributed by atoms with Crippen LogP contribution in [0, 0.1) is 19.7 Å². The van der Waals surface area contributed by atoms with E-state index in [1.165, 1.54) is 6.07 Å². The van der Waals surface area contributed by atoms with Crippen molar-refractivity contribution in [3.8, 4) is 0 Å². The van der Waals surface area contributed by atoms with Crippen LogP contribution < -0.4 is 5.32 Å². The Balaban J connectivity index is 1.95. The second-order valence-electron chi connectivity index (χ2n) is 7.23. The molecule has 2 aromatic rings. The van der Waals surface area contributed by atoms with Crippen LogP contribution >= 0.6 is 0 Å². The molecule has 0 aliphatic carbocycles. The largest absolute Gasteiger partial charge is 0.343 e. The summed E-state index contributed by atoms with van der Waals surface area (Å²) >= 11 is 0. The Bertz CT molecular complexity index is 726. The number of aryl methyl sites for hydroxylation is 1. The van der Waals surface area contributed by atoms with E-state index >= 15 is 0 Å². The van der Waals surface area contributed by atoms with Crippen molar-refractivity contribution in [3.63, 3.8) is 0 Å². The van der Waals surface area contributed by atoms with Crippen molar-refractivity contribution in [2.75, 3.05) is 13.1 Å². The van der Waals surface area contributed by atoms with Crippen LogP contribution in [-0.4, -0.2) is 23.4 Å². The molecule has 130 valence electrons. The summed E-state index contributed by atoms with van der Waals surface area (Å²) in [6.07, 6.45) is 0.570. The molecule has 0 aliphatic heterocycles. The van der Waals surface area contributed by atoms with Gasteiger partial charge in [-0.1, -0.05) is 18.2 Å². The molecule has 1 heterocycles. The number of carbonyl (C=O) groups excluding carboxylic acids is 1. The van der Waals surface area contributed by atoms with Gasteiger partial charge in [0.25, 0.3) is 0 Å². The molecule has 0 atom stereocenters. The average molecular weight is 330 g/mol. The maximum atomic E-state index is 13.6. The first-order valence-corrected chi connectivity index (χ1v) is 8.38. The Morgan fingerprint density at radius 2 is 1.88 bits per heavy atom. The molecular formula is C20H27FN2O. The quantitative estimate of drug-likeness (QED) is 0.641. The van der Waals surface area contributed by atoms with Gasteiger partial charge in [-0.3, -0.25) is 4.79 Å². The molecule has 0 radical (unpaired) electrons. The highest BCUT2D eigenvalue weighted by Crippen LogP contribution is 2.24. The van der Waals surface area contributed by atoms with E-state index in [1.807, 2.05) is 26.0 Å². The highest BCUT2D eigenvalue weighted by molar-refractivity contribution is 5.99. The molecule has 0 unspecified atom stereocenters. The molecule has 0 fully saturated rings. The number of benzene rings is 1. The third kappa shape index (κ3) is 4.12. The van der Waals surface area contributed by atoms with Crippen LogP contribution in [0.5, 0.6) is 0 Å². The number of halogens is 1. The number of nitrogens with zero attached hydrogens (tertiary/aromatic N) is 1. The van der Waals surface area contributed by atoms with Gasteiger partial charge in [-0.15, -0.1) is 0 Å². The first kappa shape index (κ1) is 18.4. The fraction of sp³-hybridized carbons (Fsp3) is 0.450. The SMILES string of the molecule is Cc1cc(C(=O)CNCCc2ccccc2F)c(C)n1C(C)(C)C. The van der Waals surface area contributed by atoms with Gasteiger partial charge in [-0.2, -0.15) is 0 Å². The third-order valence-electron chi connectivity index (χ3n) is 4.22. The maximum absolute atomic E-state index is 13.6. The van der Waals surface area contributed by atoms with Gasteiger partial charge >= 0.3 is 0 Å². The molecule has 0 bridgehead atoms. The average Bonchev–Trinajstić information content (AvgIpc) is 2.80. The zero-order valence-electron chi connectivity index (χ0n) is 15.2. The molecule has 0 saturated heterocycles. The van der Waals surface area contributed by atoms with Gasteiger partial charge in [0.15, 0.2) is 5.78 Å². The van der Waals surface area contributed by atoms with E-state index in [2.05, 4.69) is 30.7 Å². The van der Waals surface area contributed by atoms with E-state index in [-0.39, 0.29) is 23.7 Å². The highest BCUT2D eigenvalue weighted by atomic mass is 19.1. The normalized spacial score (nSPS) is 11.8. The van der Waals surface area contributed by atoms with E-state index < -0.39 is 0 Å². The van der Waals surface area contributed by atoms with E-state index in [9.17, 15) is 9.18 Å². The van der Waals surface area contributed by atoms with Crippen LogP contribution in [0.2, 0.25) is 0 Å². The summed E-state index contributed by atoms with van der Waals surface area (Å²) in [5.74, 6) is -0.119. The van der Waals surface area contributed by atoms with E-state index in [1.54, 1.807) is 12.1 Å². The number of hydrogen-bond donors (Lipinski definition) is 1. The molecule has 1 aromatic carbocycles. The predicted octanol–water partition coefficient (Wildman–Crippen LogP) is 4.01. The molecular weight excluding hydrogens is 303 g/mol. The summed E-state index contributed by atoms with van der Waals surface area (Å²) < 4.78 is 15.7. The molecule has 3 nitrogen and oxygen atoms in total. The van der Waals surface area contributed by atoms with E-state index in [0.717, 1.165) is 17.0 Å². The van der Waals surface area contributed by atoms with Crippen LogP contribution in [-0.2, 0) is 12.0 Å². The fourth-order valence-corrected chi connectivity index (χ4v) is 3.30. The van der Waals surface area contributed by atoms with Crippen molar-refractivity contribution in [2.45, 2.75) is 46.6 Å². The lowest BCUT2D eigenvalue weighted by molar-refractivity contribution is 0.0990. The lowest BCUT2D eigenvalue weighted by Crippen LogP contribution is -2.27. The standard InChI is InChI=1S/C20H27FN2O/c1-14-12-17(15(2)23(14)20(3,4)5)19(24)13-22-11-10-16-8-6-7-9-18(16)21/h6-9,12,22H,10-11,13H2,1-5H3. The van der Waals surface area contributed by atoms with Crippen molar-refractivity contribution in [2.24, 2.45) is 0 Å². The Morgan fingerprint density at radius 3 is 2.46 bits per heavy atom. The molecule has 0 spiro atoms. The van der Waals surface area contributed by atoms with Gasteiger partial charge in [-0.25, -0.2) is 4.39 Å². The zero-order chi connectivity index (χ0) is 17.9. The van der Waals surface area contributed by atoms with Crippen LogP contribution in [0.4, 0.5) is 4.39 Å². The second-order valence-corrected chi connectivity index (χ2v) is 7.23. The van der Waals surface area contributed by atoms with Gasteiger partial charge in [0.1, 0.15) is 5.82 Å². The summed E-state index contributed by atoms with van der Waals surface area (Å²) in [6, 6.07) is 8.70. The summed E-state index contributed by atoms with van der Waals surface area (Å²) in [6.45, 7) is 11.3. The van der Waals surface area contributed by atoms with Crippen molar-refractivity contribution >= 4 is 5.78 Å². The molecule has 0 amide bonds. The monoisotopic (exact) mass is 330 g/mol. The molecule has 0 aliphatic rings. The summed E-state index contributed by atoms with van der Waals surface area (Å²) in [7, 11) is 0. The minimum atomic E-state index is -0.195. The summed E-state index contributed by atoms with van der Waals surface area (Å²) in [5.41, 5.74) is 3.48. The molecule has 1 N–H and O–H groups in total. The topological polar surface area (TPSA) is 34.0 Å². The number of aromatic nitrogens is 1. The Morgan fingerprint density at radius 1 is 1.21 bits per heavy atom. The Kier molecular flexibility index (Phi) is 5.60. The minimum Gasteiger partial charge on any atom is -0.343 e. The molecule has 4 heteroatoms. The van der Waals surface area contributed by atoms with Gasteiger partial charge in [0.05, 0.1) is 6.54 Å². The summed E-state index contributed by atoms with van der Waals surface area (Å²) in [4.78, 5) is 12.5. The summed E-state index contributed by atoms with van der Waals surface area (Å²) in [5, 5.41) is 3.13. The van der Waals surface area contributed by atoms with Crippen molar-refractivity contribution in [3.05, 3.63) is 58.7 Å².